The monoisotopic (exact) mass is 337 g/mol. The topological polar surface area (TPSA) is 61.4 Å². The van der Waals surface area contributed by atoms with Gasteiger partial charge in [-0.15, -0.1) is 0 Å². The first-order valence-corrected chi connectivity index (χ1v) is 9.92. The van der Waals surface area contributed by atoms with Gasteiger partial charge in [0.1, 0.15) is 0 Å². The highest BCUT2D eigenvalue weighted by molar-refractivity contribution is 5.79. The minimum atomic E-state index is 0.168. The first-order valence-electron chi connectivity index (χ1n) is 9.92. The van der Waals surface area contributed by atoms with Crippen LogP contribution in [0, 0.1) is 11.8 Å². The van der Waals surface area contributed by atoms with Crippen LogP contribution in [0.2, 0.25) is 0 Å². The maximum atomic E-state index is 12.4. The molecule has 2 saturated heterocycles. The number of nitrogens with one attached hydrogen (secondary N) is 2. The van der Waals surface area contributed by atoms with Crippen molar-refractivity contribution in [3.05, 3.63) is 0 Å². The van der Waals surface area contributed by atoms with Gasteiger partial charge in [0.25, 0.3) is 0 Å². The third kappa shape index (κ3) is 5.76. The van der Waals surface area contributed by atoms with Gasteiger partial charge in [-0.1, -0.05) is 13.8 Å². The van der Waals surface area contributed by atoms with Gasteiger partial charge in [0, 0.05) is 31.5 Å². The molecule has 0 radical (unpaired) electrons. The van der Waals surface area contributed by atoms with Crippen LogP contribution in [0.5, 0.6) is 0 Å². The summed E-state index contributed by atoms with van der Waals surface area (Å²) in [5, 5.41) is 6.55. The Hall–Kier alpha value is -1.10. The van der Waals surface area contributed by atoms with E-state index in [9.17, 15) is 9.59 Å². The average Bonchev–Trinajstić information content (AvgIpc) is 2.62. The van der Waals surface area contributed by atoms with E-state index in [1.54, 1.807) is 0 Å². The summed E-state index contributed by atoms with van der Waals surface area (Å²) in [6.45, 7) is 7.93. The highest BCUT2D eigenvalue weighted by atomic mass is 16.2. The molecule has 138 valence electrons. The Morgan fingerprint density at radius 2 is 1.71 bits per heavy atom. The first-order chi connectivity index (χ1) is 11.6. The fraction of sp³-hybridized carbons (Fsp3) is 0.895. The zero-order chi connectivity index (χ0) is 17.4. The van der Waals surface area contributed by atoms with Crippen molar-refractivity contribution in [1.82, 2.24) is 15.5 Å². The van der Waals surface area contributed by atoms with Crippen molar-refractivity contribution >= 4 is 11.8 Å². The Bertz CT molecular complexity index is 395. The second-order valence-electron chi connectivity index (χ2n) is 7.41. The van der Waals surface area contributed by atoms with E-state index in [0.29, 0.717) is 18.2 Å². The van der Waals surface area contributed by atoms with E-state index in [1.807, 2.05) is 4.90 Å². The zero-order valence-corrected chi connectivity index (χ0v) is 15.5. The molecule has 0 aromatic carbocycles. The van der Waals surface area contributed by atoms with Gasteiger partial charge >= 0.3 is 0 Å². The molecular weight excluding hydrogens is 302 g/mol. The molecule has 0 saturated carbocycles. The molecule has 5 nitrogen and oxygen atoms in total. The first kappa shape index (κ1) is 19.2. The molecule has 0 aliphatic carbocycles. The molecule has 24 heavy (non-hydrogen) atoms. The Kier molecular flexibility index (Phi) is 8.03. The van der Waals surface area contributed by atoms with Gasteiger partial charge in [-0.05, 0) is 64.0 Å². The lowest BCUT2D eigenvalue weighted by molar-refractivity contribution is -0.137. The minimum absolute atomic E-state index is 0.168. The maximum Gasteiger partial charge on any atom is 0.225 e. The van der Waals surface area contributed by atoms with Gasteiger partial charge in [0.15, 0.2) is 0 Å². The third-order valence-electron chi connectivity index (χ3n) is 5.74. The quantitative estimate of drug-likeness (QED) is 0.749. The van der Waals surface area contributed by atoms with E-state index in [1.165, 1.54) is 12.8 Å². The second-order valence-corrected chi connectivity index (χ2v) is 7.41. The number of likely N-dealkylation sites (tertiary alicyclic amines) is 1. The summed E-state index contributed by atoms with van der Waals surface area (Å²) in [5.41, 5.74) is 0. The van der Waals surface area contributed by atoms with Gasteiger partial charge in [-0.2, -0.15) is 0 Å². The fourth-order valence-corrected chi connectivity index (χ4v) is 3.95. The normalized spacial score (nSPS) is 20.4. The largest absolute Gasteiger partial charge is 0.353 e. The molecule has 2 N–H and O–H groups in total. The molecule has 0 aromatic heterocycles. The molecular formula is C19H35N3O2. The van der Waals surface area contributed by atoms with Crippen molar-refractivity contribution in [2.24, 2.45) is 11.8 Å². The van der Waals surface area contributed by atoms with E-state index in [4.69, 9.17) is 0 Å². The van der Waals surface area contributed by atoms with E-state index < -0.39 is 0 Å². The van der Waals surface area contributed by atoms with Gasteiger partial charge < -0.3 is 15.5 Å². The van der Waals surface area contributed by atoms with Crippen LogP contribution in [0.3, 0.4) is 0 Å². The fourth-order valence-electron chi connectivity index (χ4n) is 3.95. The molecule has 2 fully saturated rings. The van der Waals surface area contributed by atoms with Crippen LogP contribution >= 0.6 is 0 Å². The summed E-state index contributed by atoms with van der Waals surface area (Å²) in [6, 6.07) is 0.247. The van der Waals surface area contributed by atoms with E-state index >= 15 is 0 Å². The Morgan fingerprint density at radius 3 is 2.29 bits per heavy atom. The standard InChI is InChI=1S/C19H35N3O2/c1-3-16(4-2)19(24)22-13-9-17(10-14-22)21-18(23)6-5-15-7-11-20-12-8-15/h15-17,20H,3-14H2,1-2H3,(H,21,23). The van der Waals surface area contributed by atoms with Crippen molar-refractivity contribution in [2.75, 3.05) is 26.2 Å². The number of amides is 2. The Labute approximate surface area is 146 Å². The van der Waals surface area contributed by atoms with Gasteiger partial charge in [-0.3, -0.25) is 9.59 Å². The third-order valence-corrected chi connectivity index (χ3v) is 5.74. The summed E-state index contributed by atoms with van der Waals surface area (Å²) in [5.74, 6) is 1.37. The highest BCUT2D eigenvalue weighted by Crippen LogP contribution is 2.19. The lowest BCUT2D eigenvalue weighted by Gasteiger charge is -2.34. The van der Waals surface area contributed by atoms with E-state index in [0.717, 1.165) is 58.3 Å². The molecule has 0 bridgehead atoms. The van der Waals surface area contributed by atoms with Gasteiger partial charge in [0.2, 0.25) is 11.8 Å². The van der Waals surface area contributed by atoms with Crippen LogP contribution in [-0.2, 0) is 9.59 Å². The van der Waals surface area contributed by atoms with Crippen molar-refractivity contribution < 1.29 is 9.59 Å². The molecule has 2 heterocycles. The van der Waals surface area contributed by atoms with Crippen LogP contribution in [0.15, 0.2) is 0 Å². The summed E-state index contributed by atoms with van der Waals surface area (Å²) in [4.78, 5) is 26.6. The molecule has 5 heteroatoms. The van der Waals surface area contributed by atoms with E-state index in [2.05, 4.69) is 24.5 Å². The average molecular weight is 338 g/mol. The molecule has 2 aliphatic rings. The van der Waals surface area contributed by atoms with E-state index in [-0.39, 0.29) is 17.9 Å². The summed E-state index contributed by atoms with van der Waals surface area (Å²) < 4.78 is 0. The minimum Gasteiger partial charge on any atom is -0.353 e. The summed E-state index contributed by atoms with van der Waals surface area (Å²) in [7, 11) is 0. The molecule has 0 unspecified atom stereocenters. The second kappa shape index (κ2) is 10.0. The number of nitrogens with zero attached hydrogens (tertiary/aromatic N) is 1. The zero-order valence-electron chi connectivity index (χ0n) is 15.5. The van der Waals surface area contributed by atoms with Crippen LogP contribution < -0.4 is 10.6 Å². The van der Waals surface area contributed by atoms with Crippen molar-refractivity contribution in [1.29, 1.82) is 0 Å². The highest BCUT2D eigenvalue weighted by Gasteiger charge is 2.27. The van der Waals surface area contributed by atoms with Gasteiger partial charge in [-0.25, -0.2) is 0 Å². The Morgan fingerprint density at radius 1 is 1.08 bits per heavy atom. The lowest BCUT2D eigenvalue weighted by atomic mass is 9.93. The number of carbonyl (C=O) groups excluding carboxylic acids is 2. The van der Waals surface area contributed by atoms with Crippen LogP contribution in [0.25, 0.3) is 0 Å². The SMILES string of the molecule is CCC(CC)C(=O)N1CCC(NC(=O)CCC2CCNCC2)CC1. The number of piperidine rings is 2. The predicted octanol–water partition coefficient (Wildman–Crippen LogP) is 2.31. The van der Waals surface area contributed by atoms with Crippen molar-refractivity contribution in [3.8, 4) is 0 Å². The van der Waals surface area contributed by atoms with Gasteiger partial charge in [0.05, 0.1) is 0 Å². The van der Waals surface area contributed by atoms with Crippen LogP contribution in [0.1, 0.15) is 65.2 Å². The van der Waals surface area contributed by atoms with Crippen LogP contribution in [0.4, 0.5) is 0 Å². The number of carbonyl (C=O) groups is 2. The molecule has 0 aromatic rings. The smallest absolute Gasteiger partial charge is 0.225 e. The Balaban J connectivity index is 1.65. The number of rotatable bonds is 7. The predicted molar refractivity (Wildman–Crippen MR) is 96.6 cm³/mol. The summed E-state index contributed by atoms with van der Waals surface area (Å²) in [6.07, 6.45) is 7.69. The van der Waals surface area contributed by atoms with Crippen molar-refractivity contribution in [3.63, 3.8) is 0 Å². The molecule has 0 atom stereocenters. The van der Waals surface area contributed by atoms with Crippen molar-refractivity contribution in [2.45, 2.75) is 71.3 Å². The molecule has 2 amide bonds. The number of hydrogen-bond donors (Lipinski definition) is 2. The van der Waals surface area contributed by atoms with Crippen LogP contribution in [-0.4, -0.2) is 48.9 Å². The summed E-state index contributed by atoms with van der Waals surface area (Å²) >= 11 is 0. The molecule has 2 rings (SSSR count). The molecule has 0 spiro atoms. The molecule has 2 aliphatic heterocycles. The lowest BCUT2D eigenvalue weighted by Crippen LogP contribution is -2.48. The number of hydrogen-bond acceptors (Lipinski definition) is 3. The maximum absolute atomic E-state index is 12.4.